The summed E-state index contributed by atoms with van der Waals surface area (Å²) >= 11 is 0. The molecule has 1 saturated carbocycles. The summed E-state index contributed by atoms with van der Waals surface area (Å²) in [5.74, 6) is -18.0. The van der Waals surface area contributed by atoms with E-state index in [1.165, 1.54) is 0 Å². The van der Waals surface area contributed by atoms with Gasteiger partial charge in [0.1, 0.15) is 0 Å². The number of halogens is 7. The molecule has 1 N–H and O–H groups in total. The third-order valence-corrected chi connectivity index (χ3v) is 3.30. The maximum absolute atomic E-state index is 12.6. The molecule has 0 saturated heterocycles. The first-order valence-corrected chi connectivity index (χ1v) is 5.02. The number of rotatable bonds is 1. The molecular weight excluding hydrogens is 273 g/mol. The molecule has 0 aromatic carbocycles. The molecule has 0 aromatic rings. The van der Waals surface area contributed by atoms with Crippen LogP contribution < -0.4 is 0 Å². The highest BCUT2D eigenvalue weighted by atomic mass is 32.2. The van der Waals surface area contributed by atoms with Crippen molar-refractivity contribution < 1.29 is 43.7 Å². The van der Waals surface area contributed by atoms with Gasteiger partial charge in [0.05, 0.1) is 0 Å². The van der Waals surface area contributed by atoms with Crippen LogP contribution in [0, 0.1) is 0 Å². The lowest BCUT2D eigenvalue weighted by Crippen LogP contribution is -2.50. The minimum Gasteiger partial charge on any atom is -0.285 e. The van der Waals surface area contributed by atoms with Crippen molar-refractivity contribution in [3.63, 3.8) is 0 Å². The first kappa shape index (κ1) is 13.5. The van der Waals surface area contributed by atoms with Gasteiger partial charge in [0.15, 0.2) is 11.4 Å². The second-order valence-corrected chi connectivity index (χ2v) is 4.70. The molecule has 1 aliphatic carbocycles. The fourth-order valence-corrected chi connectivity index (χ4v) is 2.28. The fraction of sp³-hybridized carbons (Fsp3) is 1.00. The summed E-state index contributed by atoms with van der Waals surface area (Å²) in [6.07, 6.45) is -4.40. The lowest BCUT2D eigenvalue weighted by molar-refractivity contribution is -0.276. The highest BCUT2D eigenvalue weighted by molar-refractivity contribution is 7.86. The molecule has 0 amide bonds. The Balaban J connectivity index is 3.48. The first-order valence-electron chi connectivity index (χ1n) is 3.51. The van der Waals surface area contributed by atoms with Crippen LogP contribution in [-0.2, 0) is 10.1 Å². The summed E-state index contributed by atoms with van der Waals surface area (Å²) < 4.78 is 116. The molecule has 0 bridgehead atoms. The Labute approximate surface area is 84.0 Å². The SMILES string of the molecule is O=S(=O)(O)C1C(F)C(F)(F)C(F)(F)C1(F)F. The Morgan fingerprint density at radius 2 is 1.31 bits per heavy atom. The van der Waals surface area contributed by atoms with Gasteiger partial charge < -0.3 is 0 Å². The van der Waals surface area contributed by atoms with Crippen molar-refractivity contribution in [1.29, 1.82) is 0 Å². The molecule has 1 fully saturated rings. The molecule has 96 valence electrons. The molecule has 1 aliphatic rings. The quantitative estimate of drug-likeness (QED) is 0.583. The van der Waals surface area contributed by atoms with Gasteiger partial charge in [-0.2, -0.15) is 34.8 Å². The zero-order valence-corrected chi connectivity index (χ0v) is 7.79. The van der Waals surface area contributed by atoms with E-state index in [2.05, 4.69) is 0 Å². The summed E-state index contributed by atoms with van der Waals surface area (Å²) in [7, 11) is -6.09. The smallest absolute Gasteiger partial charge is 0.285 e. The lowest BCUT2D eigenvalue weighted by atomic mass is 10.2. The third-order valence-electron chi connectivity index (χ3n) is 2.13. The standard InChI is InChI=1S/C5H3F7O3S/c6-1-2(16(13,14)15)4(9,10)5(11,12)3(1,7)8/h1-2H,(H,13,14,15). The molecule has 3 nitrogen and oxygen atoms in total. The van der Waals surface area contributed by atoms with E-state index in [0.717, 1.165) is 0 Å². The molecule has 0 aliphatic heterocycles. The zero-order chi connectivity index (χ0) is 13.2. The predicted molar refractivity (Wildman–Crippen MR) is 35.1 cm³/mol. The number of hydrogen-bond donors (Lipinski definition) is 1. The zero-order valence-electron chi connectivity index (χ0n) is 6.97. The van der Waals surface area contributed by atoms with Crippen LogP contribution in [0.15, 0.2) is 0 Å². The van der Waals surface area contributed by atoms with Crippen LogP contribution in [0.2, 0.25) is 0 Å². The topological polar surface area (TPSA) is 54.4 Å². The maximum atomic E-state index is 12.6. The first-order chi connectivity index (χ1) is 6.78. The van der Waals surface area contributed by atoms with Gasteiger partial charge in [0, 0.05) is 0 Å². The van der Waals surface area contributed by atoms with E-state index >= 15 is 0 Å². The van der Waals surface area contributed by atoms with E-state index in [9.17, 15) is 39.2 Å². The van der Waals surface area contributed by atoms with Crippen LogP contribution in [0.25, 0.3) is 0 Å². The molecule has 0 heterocycles. The van der Waals surface area contributed by atoms with Crippen LogP contribution in [0.4, 0.5) is 30.7 Å². The molecule has 1 rings (SSSR count). The Morgan fingerprint density at radius 3 is 1.44 bits per heavy atom. The number of hydrogen-bond acceptors (Lipinski definition) is 2. The van der Waals surface area contributed by atoms with Crippen molar-refractivity contribution in [3.8, 4) is 0 Å². The van der Waals surface area contributed by atoms with E-state index < -0.39 is 39.3 Å². The molecule has 16 heavy (non-hydrogen) atoms. The summed E-state index contributed by atoms with van der Waals surface area (Å²) in [4.78, 5) is 0. The Bertz CT molecular complexity index is 402. The van der Waals surface area contributed by atoms with Crippen molar-refractivity contribution in [2.45, 2.75) is 29.2 Å². The van der Waals surface area contributed by atoms with Crippen LogP contribution in [-0.4, -0.2) is 42.2 Å². The van der Waals surface area contributed by atoms with Crippen LogP contribution in [0.5, 0.6) is 0 Å². The summed E-state index contributed by atoms with van der Waals surface area (Å²) in [5, 5.41) is -4.19. The van der Waals surface area contributed by atoms with Gasteiger partial charge in [0.2, 0.25) is 0 Å². The largest absolute Gasteiger partial charge is 0.376 e. The van der Waals surface area contributed by atoms with E-state index in [0.29, 0.717) is 0 Å². The van der Waals surface area contributed by atoms with Gasteiger partial charge in [-0.1, -0.05) is 0 Å². The van der Waals surface area contributed by atoms with Gasteiger partial charge in [-0.25, -0.2) is 4.39 Å². The van der Waals surface area contributed by atoms with Gasteiger partial charge in [-0.05, 0) is 0 Å². The lowest BCUT2D eigenvalue weighted by Gasteiger charge is -2.23. The average Bonchev–Trinajstić information content (AvgIpc) is 2.06. The van der Waals surface area contributed by atoms with Gasteiger partial charge in [-0.3, -0.25) is 4.55 Å². The van der Waals surface area contributed by atoms with Gasteiger partial charge >= 0.3 is 17.8 Å². The van der Waals surface area contributed by atoms with E-state index in [-0.39, 0.29) is 0 Å². The third kappa shape index (κ3) is 1.33. The van der Waals surface area contributed by atoms with Crippen LogP contribution in [0.1, 0.15) is 0 Å². The van der Waals surface area contributed by atoms with E-state index in [1.54, 1.807) is 0 Å². The van der Waals surface area contributed by atoms with Crippen molar-refractivity contribution in [3.05, 3.63) is 0 Å². The summed E-state index contributed by atoms with van der Waals surface area (Å²) in [6.45, 7) is 0. The highest BCUT2D eigenvalue weighted by Crippen LogP contribution is 2.59. The van der Waals surface area contributed by atoms with Crippen LogP contribution in [0.3, 0.4) is 0 Å². The summed E-state index contributed by atoms with van der Waals surface area (Å²) in [6, 6.07) is 0. The Kier molecular flexibility index (Phi) is 2.53. The van der Waals surface area contributed by atoms with Crippen LogP contribution >= 0.6 is 0 Å². The normalized spacial score (nSPS) is 36.2. The van der Waals surface area contributed by atoms with E-state index in [1.807, 2.05) is 0 Å². The average molecular weight is 276 g/mol. The second-order valence-electron chi connectivity index (χ2n) is 3.16. The van der Waals surface area contributed by atoms with E-state index in [4.69, 9.17) is 4.55 Å². The van der Waals surface area contributed by atoms with Gasteiger partial charge in [0.25, 0.3) is 10.1 Å². The Hall–Kier alpha value is -0.580. The molecule has 11 heteroatoms. The monoisotopic (exact) mass is 276 g/mol. The van der Waals surface area contributed by atoms with Crippen molar-refractivity contribution in [2.24, 2.45) is 0 Å². The van der Waals surface area contributed by atoms with Crippen molar-refractivity contribution in [1.82, 2.24) is 0 Å². The molecular formula is C5H3F7O3S. The van der Waals surface area contributed by atoms with Gasteiger partial charge in [-0.15, -0.1) is 0 Å². The molecule has 0 spiro atoms. The number of alkyl halides is 7. The molecule has 2 unspecified atom stereocenters. The second kappa shape index (κ2) is 3.00. The molecule has 0 aromatic heterocycles. The minimum atomic E-state index is -6.19. The summed E-state index contributed by atoms with van der Waals surface area (Å²) in [5.41, 5.74) is 0. The molecule has 2 atom stereocenters. The highest BCUT2D eigenvalue weighted by Gasteiger charge is 2.88. The van der Waals surface area contributed by atoms with Crippen molar-refractivity contribution in [2.75, 3.05) is 0 Å². The Morgan fingerprint density at radius 1 is 0.938 bits per heavy atom. The fourth-order valence-electron chi connectivity index (χ4n) is 1.29. The predicted octanol–water partition coefficient (Wildman–Crippen LogP) is 1.50. The molecule has 0 radical (unpaired) electrons. The van der Waals surface area contributed by atoms with Crippen molar-refractivity contribution >= 4 is 10.1 Å². The maximum Gasteiger partial charge on any atom is 0.376 e. The minimum absolute atomic E-state index is 4.19.